The molecule has 1 heterocycles. The number of aromatic nitrogens is 2. The summed E-state index contributed by atoms with van der Waals surface area (Å²) < 4.78 is 10.8. The highest BCUT2D eigenvalue weighted by Crippen LogP contribution is 2.26. The van der Waals surface area contributed by atoms with Crippen LogP contribution in [0.1, 0.15) is 6.92 Å². The van der Waals surface area contributed by atoms with Gasteiger partial charge in [-0.15, -0.1) is 10.2 Å². The second-order valence-corrected chi connectivity index (χ2v) is 6.18. The van der Waals surface area contributed by atoms with Gasteiger partial charge in [-0.1, -0.05) is 47.7 Å². The van der Waals surface area contributed by atoms with E-state index < -0.39 is 6.10 Å². The summed E-state index contributed by atoms with van der Waals surface area (Å²) in [5, 5.41) is 12.0. The van der Waals surface area contributed by atoms with Gasteiger partial charge < -0.3 is 9.47 Å². The number of hydrogen-bond donors (Lipinski definition) is 1. The topological polar surface area (TPSA) is 73.3 Å². The lowest BCUT2D eigenvalue weighted by Gasteiger charge is -2.14. The van der Waals surface area contributed by atoms with Crippen LogP contribution in [0.3, 0.4) is 0 Å². The molecule has 3 rings (SSSR count). The maximum Gasteiger partial charge on any atom is 0.266 e. The van der Waals surface area contributed by atoms with E-state index in [1.807, 2.05) is 36.4 Å². The summed E-state index contributed by atoms with van der Waals surface area (Å²) in [6, 6.07) is 16.8. The predicted molar refractivity (Wildman–Crippen MR) is 97.1 cm³/mol. The molecule has 0 fully saturated rings. The number of nitrogens with zero attached hydrogens (tertiary/aromatic N) is 2. The molecule has 0 aliphatic carbocycles. The third kappa shape index (κ3) is 4.33. The normalized spacial score (nSPS) is 11.6. The zero-order valence-electron chi connectivity index (χ0n) is 13.8. The first-order valence-corrected chi connectivity index (χ1v) is 8.48. The van der Waals surface area contributed by atoms with Crippen molar-refractivity contribution < 1.29 is 14.3 Å². The van der Waals surface area contributed by atoms with E-state index in [2.05, 4.69) is 15.5 Å². The minimum absolute atomic E-state index is 0.293. The largest absolute Gasteiger partial charge is 0.497 e. The van der Waals surface area contributed by atoms with E-state index in [9.17, 15) is 4.79 Å². The molecule has 1 aromatic heterocycles. The molecule has 0 radical (unpaired) electrons. The first-order chi connectivity index (χ1) is 12.2. The second kappa shape index (κ2) is 7.76. The zero-order valence-corrected chi connectivity index (χ0v) is 14.6. The summed E-state index contributed by atoms with van der Waals surface area (Å²) in [5.41, 5.74) is 0.959. The fourth-order valence-electron chi connectivity index (χ4n) is 2.11. The Hall–Kier alpha value is -2.93. The fraction of sp³-hybridized carbons (Fsp3) is 0.167. The van der Waals surface area contributed by atoms with Crippen LogP contribution in [0, 0.1) is 0 Å². The Morgan fingerprint density at radius 2 is 1.84 bits per heavy atom. The Balaban J connectivity index is 1.62. The molecule has 128 valence electrons. The van der Waals surface area contributed by atoms with E-state index in [4.69, 9.17) is 9.47 Å². The quantitative estimate of drug-likeness (QED) is 0.731. The van der Waals surface area contributed by atoms with Crippen molar-refractivity contribution in [1.29, 1.82) is 0 Å². The first kappa shape index (κ1) is 16.9. The fourth-order valence-corrected chi connectivity index (χ4v) is 2.86. The van der Waals surface area contributed by atoms with Gasteiger partial charge in [-0.25, -0.2) is 0 Å². The van der Waals surface area contributed by atoms with Crippen LogP contribution in [-0.2, 0) is 4.79 Å². The van der Waals surface area contributed by atoms with Crippen molar-refractivity contribution in [3.63, 3.8) is 0 Å². The number of benzene rings is 2. The Kier molecular flexibility index (Phi) is 5.25. The SMILES string of the molecule is COc1cccc(O[C@H](C)C(=O)Nc2nnc(-c3ccccc3)s2)c1. The number of anilines is 1. The smallest absolute Gasteiger partial charge is 0.266 e. The van der Waals surface area contributed by atoms with Crippen LogP contribution >= 0.6 is 11.3 Å². The van der Waals surface area contributed by atoms with E-state index in [-0.39, 0.29) is 5.91 Å². The van der Waals surface area contributed by atoms with Crippen LogP contribution in [-0.4, -0.2) is 29.3 Å². The number of carbonyl (C=O) groups excluding carboxylic acids is 1. The van der Waals surface area contributed by atoms with Gasteiger partial charge in [-0.3, -0.25) is 10.1 Å². The summed E-state index contributed by atoms with van der Waals surface area (Å²) in [6.45, 7) is 1.67. The molecule has 1 N–H and O–H groups in total. The molecule has 0 spiro atoms. The number of nitrogens with one attached hydrogen (secondary N) is 1. The molecule has 1 atom stereocenters. The average Bonchev–Trinajstić information content (AvgIpc) is 3.11. The van der Waals surface area contributed by atoms with Crippen molar-refractivity contribution in [3.8, 4) is 22.1 Å². The minimum Gasteiger partial charge on any atom is -0.497 e. The summed E-state index contributed by atoms with van der Waals surface area (Å²) >= 11 is 1.31. The van der Waals surface area contributed by atoms with Crippen LogP contribution in [0.2, 0.25) is 0 Å². The third-order valence-corrected chi connectivity index (χ3v) is 4.29. The van der Waals surface area contributed by atoms with Crippen molar-refractivity contribution in [2.24, 2.45) is 0 Å². The Morgan fingerprint density at radius 3 is 2.60 bits per heavy atom. The molecule has 25 heavy (non-hydrogen) atoms. The molecule has 0 aliphatic rings. The van der Waals surface area contributed by atoms with Crippen molar-refractivity contribution >= 4 is 22.4 Å². The molecule has 6 nitrogen and oxygen atoms in total. The molecular weight excluding hydrogens is 338 g/mol. The highest BCUT2D eigenvalue weighted by atomic mass is 32.1. The van der Waals surface area contributed by atoms with Crippen molar-refractivity contribution in [3.05, 3.63) is 54.6 Å². The van der Waals surface area contributed by atoms with Gasteiger partial charge in [0, 0.05) is 11.6 Å². The van der Waals surface area contributed by atoms with Gasteiger partial charge in [0.2, 0.25) is 5.13 Å². The van der Waals surface area contributed by atoms with Crippen LogP contribution in [0.25, 0.3) is 10.6 Å². The van der Waals surface area contributed by atoms with Gasteiger partial charge >= 0.3 is 0 Å². The van der Waals surface area contributed by atoms with Crippen molar-refractivity contribution in [1.82, 2.24) is 10.2 Å². The van der Waals surface area contributed by atoms with Gasteiger partial charge in [0.1, 0.15) is 16.5 Å². The maximum absolute atomic E-state index is 12.3. The molecule has 0 saturated carbocycles. The zero-order chi connectivity index (χ0) is 17.6. The van der Waals surface area contributed by atoms with Gasteiger partial charge in [0.05, 0.1) is 7.11 Å². The first-order valence-electron chi connectivity index (χ1n) is 7.66. The lowest BCUT2D eigenvalue weighted by atomic mass is 10.2. The summed E-state index contributed by atoms with van der Waals surface area (Å²) in [4.78, 5) is 12.3. The Bertz CT molecular complexity index is 852. The lowest BCUT2D eigenvalue weighted by molar-refractivity contribution is -0.122. The number of amides is 1. The van der Waals surface area contributed by atoms with E-state index in [0.29, 0.717) is 16.6 Å². The standard InChI is InChI=1S/C18H17N3O3S/c1-12(24-15-10-6-9-14(11-15)23-2)16(22)19-18-21-20-17(25-18)13-7-4-3-5-8-13/h3-12H,1-2H3,(H,19,21,22)/t12-/m1/s1. The van der Waals surface area contributed by atoms with Gasteiger partial charge in [-0.2, -0.15) is 0 Å². The molecule has 0 saturated heterocycles. The molecule has 0 aliphatic heterocycles. The number of methoxy groups -OCH3 is 1. The highest BCUT2D eigenvalue weighted by Gasteiger charge is 2.17. The molecule has 3 aromatic rings. The molecule has 0 bridgehead atoms. The van der Waals surface area contributed by atoms with Crippen LogP contribution in [0.15, 0.2) is 54.6 Å². The maximum atomic E-state index is 12.3. The highest BCUT2D eigenvalue weighted by molar-refractivity contribution is 7.18. The Labute approximate surface area is 149 Å². The molecular formula is C18H17N3O3S. The molecule has 2 aromatic carbocycles. The van der Waals surface area contributed by atoms with Crippen molar-refractivity contribution in [2.75, 3.05) is 12.4 Å². The summed E-state index contributed by atoms with van der Waals surface area (Å²) in [7, 11) is 1.58. The second-order valence-electron chi connectivity index (χ2n) is 5.21. The van der Waals surface area contributed by atoms with E-state index in [1.165, 1.54) is 11.3 Å². The number of ether oxygens (including phenoxy) is 2. The van der Waals surface area contributed by atoms with Gasteiger partial charge in [0.15, 0.2) is 6.10 Å². The average molecular weight is 355 g/mol. The van der Waals surface area contributed by atoms with E-state index in [1.54, 1.807) is 32.2 Å². The van der Waals surface area contributed by atoms with Crippen LogP contribution in [0.5, 0.6) is 11.5 Å². The van der Waals surface area contributed by atoms with E-state index >= 15 is 0 Å². The third-order valence-electron chi connectivity index (χ3n) is 3.40. The molecule has 1 amide bonds. The van der Waals surface area contributed by atoms with Crippen LogP contribution in [0.4, 0.5) is 5.13 Å². The van der Waals surface area contributed by atoms with Crippen molar-refractivity contribution in [2.45, 2.75) is 13.0 Å². The number of carbonyl (C=O) groups is 1. The number of hydrogen-bond acceptors (Lipinski definition) is 6. The predicted octanol–water partition coefficient (Wildman–Crippen LogP) is 3.62. The lowest BCUT2D eigenvalue weighted by Crippen LogP contribution is -2.30. The molecule has 0 unspecified atom stereocenters. The summed E-state index contributed by atoms with van der Waals surface area (Å²) in [6.07, 6.45) is -0.684. The summed E-state index contributed by atoms with van der Waals surface area (Å²) in [5.74, 6) is 0.935. The monoisotopic (exact) mass is 355 g/mol. The Morgan fingerprint density at radius 1 is 1.08 bits per heavy atom. The van der Waals surface area contributed by atoms with Gasteiger partial charge in [0.25, 0.3) is 5.91 Å². The van der Waals surface area contributed by atoms with E-state index in [0.717, 1.165) is 10.6 Å². The minimum atomic E-state index is -0.684. The van der Waals surface area contributed by atoms with Gasteiger partial charge in [-0.05, 0) is 19.1 Å². The molecule has 7 heteroatoms. The number of rotatable bonds is 6. The van der Waals surface area contributed by atoms with Crippen LogP contribution < -0.4 is 14.8 Å².